The average Bonchev–Trinajstić information content (AvgIpc) is 2.72. The molecule has 2 amide bonds. The monoisotopic (exact) mass is 255 g/mol. The topological polar surface area (TPSA) is 61.4 Å². The Balaban J connectivity index is 2.60. The number of carbonyl (C=O) groups is 2. The van der Waals surface area contributed by atoms with E-state index < -0.39 is 0 Å². The fourth-order valence-corrected chi connectivity index (χ4v) is 2.25. The second-order valence-corrected chi connectivity index (χ2v) is 5.53. The van der Waals surface area contributed by atoms with Gasteiger partial charge >= 0.3 is 0 Å². The van der Waals surface area contributed by atoms with Crippen LogP contribution in [0.2, 0.25) is 0 Å². The molecule has 0 saturated carbocycles. The molecular weight excluding hydrogens is 230 g/mol. The molecule has 0 bridgehead atoms. The Morgan fingerprint density at radius 1 is 1.44 bits per heavy atom. The van der Waals surface area contributed by atoms with Crippen LogP contribution in [0.1, 0.15) is 34.1 Å². The van der Waals surface area contributed by atoms with E-state index in [4.69, 9.17) is 0 Å². The number of likely N-dealkylation sites (N-methyl/N-ethyl adjacent to an activating group) is 1. The second-order valence-electron chi connectivity index (χ2n) is 5.53. The second kappa shape index (κ2) is 6.18. The Morgan fingerprint density at radius 3 is 2.56 bits per heavy atom. The molecular formula is C13H25N3O2. The number of nitrogens with one attached hydrogen (secondary N) is 2. The molecule has 1 saturated heterocycles. The quantitative estimate of drug-likeness (QED) is 0.745. The summed E-state index contributed by atoms with van der Waals surface area (Å²) in [4.78, 5) is 25.8. The molecule has 1 heterocycles. The lowest BCUT2D eigenvalue weighted by atomic mass is 9.88. The molecule has 18 heavy (non-hydrogen) atoms. The maximum absolute atomic E-state index is 12.4. The van der Waals surface area contributed by atoms with Gasteiger partial charge in [0.15, 0.2) is 0 Å². The molecule has 2 N–H and O–H groups in total. The average molecular weight is 255 g/mol. The third-order valence-corrected chi connectivity index (χ3v) is 3.34. The molecule has 0 aliphatic carbocycles. The van der Waals surface area contributed by atoms with Crippen LogP contribution < -0.4 is 10.6 Å². The lowest BCUT2D eigenvalue weighted by Gasteiger charge is -2.30. The van der Waals surface area contributed by atoms with Crippen molar-refractivity contribution >= 4 is 11.8 Å². The van der Waals surface area contributed by atoms with Crippen LogP contribution in [0.15, 0.2) is 0 Å². The molecule has 104 valence electrons. The van der Waals surface area contributed by atoms with Crippen LogP contribution in [-0.2, 0) is 9.59 Å². The molecule has 0 radical (unpaired) electrons. The van der Waals surface area contributed by atoms with Gasteiger partial charge in [-0.1, -0.05) is 0 Å². The highest BCUT2D eigenvalue weighted by Crippen LogP contribution is 2.26. The molecule has 0 aromatic heterocycles. The summed E-state index contributed by atoms with van der Waals surface area (Å²) in [5.74, 6) is -0.0105. The van der Waals surface area contributed by atoms with Crippen LogP contribution in [0.3, 0.4) is 0 Å². The molecule has 1 rings (SSSR count). The lowest BCUT2D eigenvalue weighted by molar-refractivity contribution is -0.143. The number of hydrogen-bond donors (Lipinski definition) is 2. The Labute approximate surface area is 109 Å². The predicted octanol–water partition coefficient (Wildman–Crippen LogP) is 0.359. The zero-order valence-corrected chi connectivity index (χ0v) is 11.9. The summed E-state index contributed by atoms with van der Waals surface area (Å²) in [5.41, 5.74) is -0.353. The largest absolute Gasteiger partial charge is 0.352 e. The van der Waals surface area contributed by atoms with E-state index in [1.54, 1.807) is 4.90 Å². The standard InChI is InChI=1S/C13H25N3O2/c1-5-16(8-11(17)15-10(2)3)12(18)13(4)6-7-14-9-13/h10,14H,5-9H2,1-4H3,(H,15,17). The minimum atomic E-state index is -0.353. The van der Waals surface area contributed by atoms with Crippen molar-refractivity contribution in [2.24, 2.45) is 5.41 Å². The molecule has 1 aliphatic rings. The summed E-state index contributed by atoms with van der Waals surface area (Å²) >= 11 is 0. The summed E-state index contributed by atoms with van der Waals surface area (Å²) < 4.78 is 0. The number of amides is 2. The first-order valence-electron chi connectivity index (χ1n) is 6.68. The maximum Gasteiger partial charge on any atom is 0.239 e. The van der Waals surface area contributed by atoms with Gasteiger partial charge in [-0.05, 0) is 40.7 Å². The number of carbonyl (C=O) groups excluding carboxylic acids is 2. The molecule has 1 atom stereocenters. The molecule has 5 heteroatoms. The van der Waals surface area contributed by atoms with Crippen LogP contribution in [0.4, 0.5) is 0 Å². The van der Waals surface area contributed by atoms with Crippen molar-refractivity contribution in [3.63, 3.8) is 0 Å². The SMILES string of the molecule is CCN(CC(=O)NC(C)C)C(=O)C1(C)CCNC1. The van der Waals surface area contributed by atoms with Gasteiger partial charge in [0.25, 0.3) is 0 Å². The fraction of sp³-hybridized carbons (Fsp3) is 0.846. The van der Waals surface area contributed by atoms with E-state index in [-0.39, 0.29) is 29.8 Å². The van der Waals surface area contributed by atoms with Crippen molar-refractivity contribution in [2.45, 2.75) is 40.2 Å². The van der Waals surface area contributed by atoms with Crippen molar-refractivity contribution in [1.82, 2.24) is 15.5 Å². The Hall–Kier alpha value is -1.10. The lowest BCUT2D eigenvalue weighted by Crippen LogP contribution is -2.48. The van der Waals surface area contributed by atoms with Crippen molar-refractivity contribution in [3.8, 4) is 0 Å². The zero-order valence-electron chi connectivity index (χ0n) is 11.9. The zero-order chi connectivity index (χ0) is 13.8. The summed E-state index contributed by atoms with van der Waals surface area (Å²) in [5, 5.41) is 6.03. The predicted molar refractivity (Wildman–Crippen MR) is 71.1 cm³/mol. The first kappa shape index (κ1) is 15.0. The number of hydrogen-bond acceptors (Lipinski definition) is 3. The van der Waals surface area contributed by atoms with E-state index in [0.29, 0.717) is 13.1 Å². The summed E-state index contributed by atoms with van der Waals surface area (Å²) in [6, 6.07) is 0.107. The van der Waals surface area contributed by atoms with Gasteiger partial charge in [0.1, 0.15) is 0 Å². The van der Waals surface area contributed by atoms with Gasteiger partial charge < -0.3 is 15.5 Å². The van der Waals surface area contributed by atoms with Crippen molar-refractivity contribution in [2.75, 3.05) is 26.2 Å². The van der Waals surface area contributed by atoms with Gasteiger partial charge in [-0.3, -0.25) is 9.59 Å². The first-order chi connectivity index (χ1) is 8.39. The molecule has 1 aliphatic heterocycles. The smallest absolute Gasteiger partial charge is 0.239 e. The van der Waals surface area contributed by atoms with Gasteiger partial charge in [0.05, 0.1) is 12.0 Å². The van der Waals surface area contributed by atoms with Crippen LogP contribution >= 0.6 is 0 Å². The maximum atomic E-state index is 12.4. The van der Waals surface area contributed by atoms with Gasteiger partial charge in [-0.2, -0.15) is 0 Å². The molecule has 0 aromatic rings. The van der Waals surface area contributed by atoms with Crippen molar-refractivity contribution in [3.05, 3.63) is 0 Å². The summed E-state index contributed by atoms with van der Waals surface area (Å²) in [6.07, 6.45) is 0.841. The Bertz CT molecular complexity index is 309. The number of rotatable bonds is 5. The van der Waals surface area contributed by atoms with Gasteiger partial charge in [0.2, 0.25) is 11.8 Å². The molecule has 1 unspecified atom stereocenters. The van der Waals surface area contributed by atoms with Crippen LogP contribution in [-0.4, -0.2) is 48.9 Å². The van der Waals surface area contributed by atoms with Crippen molar-refractivity contribution < 1.29 is 9.59 Å². The highest BCUT2D eigenvalue weighted by molar-refractivity contribution is 5.88. The summed E-state index contributed by atoms with van der Waals surface area (Å²) in [7, 11) is 0. The minimum absolute atomic E-state index is 0.0777. The van der Waals surface area contributed by atoms with Gasteiger partial charge in [0, 0.05) is 19.1 Å². The Morgan fingerprint density at radius 2 is 2.11 bits per heavy atom. The highest BCUT2D eigenvalue weighted by Gasteiger charge is 2.39. The number of nitrogens with zero attached hydrogens (tertiary/aromatic N) is 1. The van der Waals surface area contributed by atoms with E-state index >= 15 is 0 Å². The van der Waals surface area contributed by atoms with E-state index in [0.717, 1.165) is 13.0 Å². The van der Waals surface area contributed by atoms with Crippen molar-refractivity contribution in [1.29, 1.82) is 0 Å². The fourth-order valence-electron chi connectivity index (χ4n) is 2.25. The third kappa shape index (κ3) is 3.70. The molecule has 1 fully saturated rings. The van der Waals surface area contributed by atoms with Crippen LogP contribution in [0.25, 0.3) is 0 Å². The van der Waals surface area contributed by atoms with E-state index in [2.05, 4.69) is 10.6 Å². The van der Waals surface area contributed by atoms with Crippen LogP contribution in [0, 0.1) is 5.41 Å². The highest BCUT2D eigenvalue weighted by atomic mass is 16.2. The minimum Gasteiger partial charge on any atom is -0.352 e. The van der Waals surface area contributed by atoms with E-state index in [9.17, 15) is 9.59 Å². The normalized spacial score (nSPS) is 23.2. The van der Waals surface area contributed by atoms with Crippen LogP contribution in [0.5, 0.6) is 0 Å². The molecule has 0 aromatic carbocycles. The molecule has 0 spiro atoms. The third-order valence-electron chi connectivity index (χ3n) is 3.34. The van der Waals surface area contributed by atoms with Gasteiger partial charge in [-0.25, -0.2) is 0 Å². The first-order valence-corrected chi connectivity index (χ1v) is 6.68. The summed E-state index contributed by atoms with van der Waals surface area (Å²) in [6.45, 7) is 10.0. The van der Waals surface area contributed by atoms with E-state index in [1.165, 1.54) is 0 Å². The van der Waals surface area contributed by atoms with E-state index in [1.807, 2.05) is 27.7 Å². The Kier molecular flexibility index (Phi) is 5.14. The van der Waals surface area contributed by atoms with Gasteiger partial charge in [-0.15, -0.1) is 0 Å². The molecule has 5 nitrogen and oxygen atoms in total.